The molecule has 0 saturated carbocycles. The van der Waals surface area contributed by atoms with E-state index in [4.69, 9.17) is 5.73 Å². The number of rotatable bonds is 1. The van der Waals surface area contributed by atoms with Crippen molar-refractivity contribution in [3.63, 3.8) is 0 Å². The lowest BCUT2D eigenvalue weighted by atomic mass is 10.0. The van der Waals surface area contributed by atoms with E-state index in [0.29, 0.717) is 5.84 Å². The predicted molar refractivity (Wildman–Crippen MR) is 58.7 cm³/mol. The van der Waals surface area contributed by atoms with Gasteiger partial charge in [0.1, 0.15) is 11.7 Å². The maximum absolute atomic E-state index is 5.66. The quantitative estimate of drug-likeness (QED) is 0.736. The fourth-order valence-electron chi connectivity index (χ4n) is 1.42. The minimum atomic E-state index is 0.229. The van der Waals surface area contributed by atoms with Gasteiger partial charge >= 0.3 is 0 Å². The molecule has 78 valence electrons. The normalized spacial score (nSPS) is 20.8. The van der Waals surface area contributed by atoms with E-state index in [9.17, 15) is 0 Å². The van der Waals surface area contributed by atoms with E-state index in [2.05, 4.69) is 20.2 Å². The number of aromatic nitrogens is 2. The van der Waals surface area contributed by atoms with Crippen molar-refractivity contribution in [1.29, 1.82) is 0 Å². The molecule has 1 atom stereocenters. The van der Waals surface area contributed by atoms with Crippen LogP contribution < -0.4 is 5.73 Å². The Balaban J connectivity index is 2.33. The van der Waals surface area contributed by atoms with Gasteiger partial charge in [-0.05, 0) is 13.0 Å². The van der Waals surface area contributed by atoms with Gasteiger partial charge in [-0.15, -0.1) is 5.10 Å². The lowest BCUT2D eigenvalue weighted by Gasteiger charge is -2.15. The molecule has 5 nitrogen and oxygen atoms in total. The van der Waals surface area contributed by atoms with Crippen LogP contribution in [0.3, 0.4) is 0 Å². The Morgan fingerprint density at radius 3 is 2.87 bits per heavy atom. The molecule has 2 rings (SSSR count). The van der Waals surface area contributed by atoms with Gasteiger partial charge in [0, 0.05) is 18.5 Å². The van der Waals surface area contributed by atoms with Crippen molar-refractivity contribution >= 4 is 11.5 Å². The van der Waals surface area contributed by atoms with Crippen molar-refractivity contribution in [2.24, 2.45) is 21.9 Å². The molecule has 0 amide bonds. The Bertz CT molecular complexity index is 435. The number of nitrogens with two attached hydrogens (primary N) is 1. The van der Waals surface area contributed by atoms with E-state index in [0.717, 1.165) is 23.7 Å². The standard InChI is InChI=1S/C10H13N5/c1-6-5-9(14-15-10(6)11)8-3-4-12-7(2)13-8/h3-4,6H,5H2,1-2H3,(H2,11,15). The molecule has 0 saturated heterocycles. The van der Waals surface area contributed by atoms with E-state index in [1.54, 1.807) is 6.20 Å². The van der Waals surface area contributed by atoms with E-state index in [1.165, 1.54) is 0 Å². The second kappa shape index (κ2) is 3.76. The Morgan fingerprint density at radius 1 is 1.40 bits per heavy atom. The molecule has 0 fully saturated rings. The summed E-state index contributed by atoms with van der Waals surface area (Å²) in [4.78, 5) is 8.35. The van der Waals surface area contributed by atoms with Crippen LogP contribution in [0.5, 0.6) is 0 Å². The first kappa shape index (κ1) is 9.76. The average molecular weight is 203 g/mol. The smallest absolute Gasteiger partial charge is 0.125 e. The Kier molecular flexibility index (Phi) is 2.45. The molecule has 1 aliphatic heterocycles. The van der Waals surface area contributed by atoms with Gasteiger partial charge in [0.15, 0.2) is 0 Å². The SMILES string of the molecule is Cc1nccc(C2=NN=C(N)C(C)C2)n1. The molecule has 15 heavy (non-hydrogen) atoms. The Labute approximate surface area is 88.2 Å². The molecule has 1 aromatic rings. The van der Waals surface area contributed by atoms with Gasteiger partial charge in [-0.25, -0.2) is 9.97 Å². The summed E-state index contributed by atoms with van der Waals surface area (Å²) >= 11 is 0. The summed E-state index contributed by atoms with van der Waals surface area (Å²) in [5.74, 6) is 1.56. The highest BCUT2D eigenvalue weighted by atomic mass is 15.2. The molecular formula is C10H13N5. The minimum Gasteiger partial charge on any atom is -0.385 e. The van der Waals surface area contributed by atoms with Gasteiger partial charge in [-0.3, -0.25) is 0 Å². The average Bonchev–Trinajstić information content (AvgIpc) is 2.22. The third kappa shape index (κ3) is 2.01. The van der Waals surface area contributed by atoms with Crippen LogP contribution in [0.2, 0.25) is 0 Å². The maximum atomic E-state index is 5.66. The van der Waals surface area contributed by atoms with Crippen LogP contribution in [0.15, 0.2) is 22.5 Å². The van der Waals surface area contributed by atoms with Crippen LogP contribution in [0.25, 0.3) is 0 Å². The zero-order chi connectivity index (χ0) is 10.8. The van der Waals surface area contributed by atoms with E-state index in [-0.39, 0.29) is 5.92 Å². The molecule has 0 bridgehead atoms. The first-order valence-corrected chi connectivity index (χ1v) is 4.86. The number of amidine groups is 1. The van der Waals surface area contributed by atoms with Crippen LogP contribution in [0, 0.1) is 12.8 Å². The van der Waals surface area contributed by atoms with Gasteiger partial charge in [0.25, 0.3) is 0 Å². The molecule has 0 aliphatic carbocycles. The van der Waals surface area contributed by atoms with Crippen LogP contribution in [-0.4, -0.2) is 21.5 Å². The van der Waals surface area contributed by atoms with Crippen molar-refractivity contribution in [1.82, 2.24) is 9.97 Å². The molecule has 1 aromatic heterocycles. The molecule has 0 spiro atoms. The second-order valence-corrected chi connectivity index (χ2v) is 3.67. The summed E-state index contributed by atoms with van der Waals surface area (Å²) in [7, 11) is 0. The fourth-order valence-corrected chi connectivity index (χ4v) is 1.42. The van der Waals surface area contributed by atoms with E-state index in [1.807, 2.05) is 19.9 Å². The molecular weight excluding hydrogens is 190 g/mol. The number of hydrogen-bond acceptors (Lipinski definition) is 5. The zero-order valence-electron chi connectivity index (χ0n) is 8.81. The third-order valence-electron chi connectivity index (χ3n) is 2.36. The highest BCUT2D eigenvalue weighted by Gasteiger charge is 2.17. The topological polar surface area (TPSA) is 76.5 Å². The predicted octanol–water partition coefficient (Wildman–Crippen LogP) is 0.886. The molecule has 1 aliphatic rings. The van der Waals surface area contributed by atoms with Crippen LogP contribution >= 0.6 is 0 Å². The van der Waals surface area contributed by atoms with Crippen molar-refractivity contribution in [3.8, 4) is 0 Å². The van der Waals surface area contributed by atoms with E-state index < -0.39 is 0 Å². The summed E-state index contributed by atoms with van der Waals surface area (Å²) in [5, 5.41) is 7.98. The van der Waals surface area contributed by atoms with Crippen LogP contribution in [-0.2, 0) is 0 Å². The number of nitrogens with zero attached hydrogens (tertiary/aromatic N) is 4. The van der Waals surface area contributed by atoms with E-state index >= 15 is 0 Å². The Morgan fingerprint density at radius 2 is 2.20 bits per heavy atom. The van der Waals surface area contributed by atoms with Crippen molar-refractivity contribution < 1.29 is 0 Å². The summed E-state index contributed by atoms with van der Waals surface area (Å²) in [6.45, 7) is 3.88. The highest BCUT2D eigenvalue weighted by molar-refractivity contribution is 6.03. The molecule has 0 aromatic carbocycles. The number of aryl methyl sites for hydroxylation is 1. The first-order valence-electron chi connectivity index (χ1n) is 4.86. The summed E-state index contributed by atoms with van der Waals surface area (Å²) < 4.78 is 0. The van der Waals surface area contributed by atoms with Crippen LogP contribution in [0.4, 0.5) is 0 Å². The fraction of sp³-hybridized carbons (Fsp3) is 0.400. The molecule has 0 radical (unpaired) electrons. The molecule has 1 unspecified atom stereocenters. The van der Waals surface area contributed by atoms with Crippen molar-refractivity contribution in [2.75, 3.05) is 0 Å². The third-order valence-corrected chi connectivity index (χ3v) is 2.36. The highest BCUT2D eigenvalue weighted by Crippen LogP contribution is 2.14. The summed E-state index contributed by atoms with van der Waals surface area (Å²) in [6, 6.07) is 1.84. The molecule has 5 heteroatoms. The first-order chi connectivity index (χ1) is 7.16. The molecule has 2 N–H and O–H groups in total. The van der Waals surface area contributed by atoms with Gasteiger partial charge in [-0.2, -0.15) is 5.10 Å². The van der Waals surface area contributed by atoms with Gasteiger partial charge in [0.05, 0.1) is 11.4 Å². The van der Waals surface area contributed by atoms with Gasteiger partial charge in [0.2, 0.25) is 0 Å². The second-order valence-electron chi connectivity index (χ2n) is 3.67. The van der Waals surface area contributed by atoms with Crippen molar-refractivity contribution in [3.05, 3.63) is 23.8 Å². The monoisotopic (exact) mass is 203 g/mol. The lowest BCUT2D eigenvalue weighted by Crippen LogP contribution is -2.27. The number of hydrogen-bond donors (Lipinski definition) is 1. The molecule has 2 heterocycles. The maximum Gasteiger partial charge on any atom is 0.125 e. The van der Waals surface area contributed by atoms with Gasteiger partial charge in [-0.1, -0.05) is 6.92 Å². The summed E-state index contributed by atoms with van der Waals surface area (Å²) in [6.07, 6.45) is 2.51. The van der Waals surface area contributed by atoms with Gasteiger partial charge < -0.3 is 5.73 Å². The largest absolute Gasteiger partial charge is 0.385 e. The lowest BCUT2D eigenvalue weighted by molar-refractivity contribution is 0.776. The minimum absolute atomic E-state index is 0.229. The summed E-state index contributed by atoms with van der Waals surface area (Å²) in [5.41, 5.74) is 7.37. The Hall–Kier alpha value is -1.78. The zero-order valence-corrected chi connectivity index (χ0v) is 8.81. The van der Waals surface area contributed by atoms with Crippen molar-refractivity contribution in [2.45, 2.75) is 20.3 Å². The van der Waals surface area contributed by atoms with Crippen LogP contribution in [0.1, 0.15) is 24.9 Å².